The zero-order valence-corrected chi connectivity index (χ0v) is 16.4. The number of fused-ring (bicyclic) bond motifs is 1. The van der Waals surface area contributed by atoms with Crippen LogP contribution in [0, 0.1) is 0 Å². The molecule has 0 unspecified atom stereocenters. The number of aromatic nitrogens is 1. The van der Waals surface area contributed by atoms with Crippen LogP contribution in [-0.4, -0.2) is 31.0 Å². The van der Waals surface area contributed by atoms with E-state index >= 15 is 0 Å². The summed E-state index contributed by atoms with van der Waals surface area (Å²) < 4.78 is 11.6. The third-order valence-corrected chi connectivity index (χ3v) is 6.11. The van der Waals surface area contributed by atoms with Gasteiger partial charge in [-0.3, -0.25) is 0 Å². The van der Waals surface area contributed by atoms with Gasteiger partial charge in [-0.1, -0.05) is 11.6 Å². The number of hydrogen-bond acceptors (Lipinski definition) is 7. The Labute approximate surface area is 159 Å². The minimum absolute atomic E-state index is 0.0426. The Morgan fingerprint density at radius 2 is 2.36 bits per heavy atom. The van der Waals surface area contributed by atoms with E-state index in [9.17, 15) is 0 Å². The lowest BCUT2D eigenvalue weighted by atomic mass is 10.2. The first kappa shape index (κ1) is 18.5. The van der Waals surface area contributed by atoms with Crippen LogP contribution in [0.5, 0.6) is 0 Å². The minimum atomic E-state index is -0.0426. The van der Waals surface area contributed by atoms with Gasteiger partial charge in [-0.2, -0.15) is 0 Å². The number of ether oxygens (including phenoxy) is 1. The topological polar surface area (TPSA) is 73.3 Å². The molecule has 3 aromatic rings. The number of thiophene rings is 1. The highest BCUT2D eigenvalue weighted by Gasteiger charge is 2.19. The molecule has 0 fully saturated rings. The molecule has 3 rings (SSSR count). The molecule has 0 saturated carbocycles. The molecule has 25 heavy (non-hydrogen) atoms. The van der Waals surface area contributed by atoms with Crippen LogP contribution < -0.4 is 11.1 Å². The first-order chi connectivity index (χ1) is 12.1. The Kier molecular flexibility index (Phi) is 6.24. The van der Waals surface area contributed by atoms with Crippen LogP contribution in [0.4, 0.5) is 5.69 Å². The quantitative estimate of drug-likeness (QED) is 0.433. The van der Waals surface area contributed by atoms with E-state index in [1.807, 2.05) is 24.5 Å². The first-order valence-corrected chi connectivity index (χ1v) is 10.2. The fraction of sp³-hybridized carbons (Fsp3) is 0.353. The monoisotopic (exact) mass is 397 g/mol. The van der Waals surface area contributed by atoms with Crippen molar-refractivity contribution in [1.29, 1.82) is 0 Å². The van der Waals surface area contributed by atoms with Crippen molar-refractivity contribution in [3.63, 3.8) is 0 Å². The van der Waals surface area contributed by atoms with Crippen molar-refractivity contribution in [1.82, 2.24) is 4.98 Å². The van der Waals surface area contributed by atoms with E-state index in [0.717, 1.165) is 33.0 Å². The van der Waals surface area contributed by atoms with Crippen molar-refractivity contribution in [2.24, 2.45) is 5.73 Å². The number of pyridine rings is 1. The highest BCUT2D eigenvalue weighted by atomic mass is 35.5. The highest BCUT2D eigenvalue weighted by Crippen LogP contribution is 2.41. The predicted octanol–water partition coefficient (Wildman–Crippen LogP) is 4.39. The summed E-state index contributed by atoms with van der Waals surface area (Å²) in [6.07, 6.45) is 4.46. The summed E-state index contributed by atoms with van der Waals surface area (Å²) in [4.78, 5) is 6.89. The highest BCUT2D eigenvalue weighted by molar-refractivity contribution is 7.99. The molecule has 3 heterocycles. The molecule has 8 heteroatoms. The van der Waals surface area contributed by atoms with E-state index in [1.165, 1.54) is 4.88 Å². The Bertz CT molecular complexity index is 836. The number of furan rings is 1. The third-order valence-electron chi connectivity index (χ3n) is 3.70. The normalized spacial score (nSPS) is 12.6. The van der Waals surface area contributed by atoms with Gasteiger partial charge < -0.3 is 20.2 Å². The number of thioether (sulfide) groups is 1. The lowest BCUT2D eigenvalue weighted by Crippen LogP contribution is -2.27. The van der Waals surface area contributed by atoms with Crippen molar-refractivity contribution in [2.45, 2.75) is 23.9 Å². The summed E-state index contributed by atoms with van der Waals surface area (Å²) in [6, 6.07) is 5.62. The Balaban J connectivity index is 1.95. The summed E-state index contributed by atoms with van der Waals surface area (Å²) in [5.41, 5.74) is 8.03. The molecule has 1 atom stereocenters. The number of nitrogens with one attached hydrogen (secondary N) is 1. The summed E-state index contributed by atoms with van der Waals surface area (Å²) in [7, 11) is 1.66. The van der Waals surface area contributed by atoms with E-state index in [0.29, 0.717) is 18.3 Å². The number of anilines is 1. The molecular formula is C17H20ClN3O2S2. The molecule has 0 spiro atoms. The van der Waals surface area contributed by atoms with Crippen LogP contribution in [-0.2, 0) is 17.7 Å². The van der Waals surface area contributed by atoms with Gasteiger partial charge in [0.15, 0.2) is 0 Å². The first-order valence-electron chi connectivity index (χ1n) is 7.79. The average Bonchev–Trinajstić information content (AvgIpc) is 3.20. The molecule has 134 valence electrons. The number of methoxy groups -OCH3 is 1. The Morgan fingerprint density at radius 3 is 3.04 bits per heavy atom. The van der Waals surface area contributed by atoms with E-state index in [-0.39, 0.29) is 6.04 Å². The molecular weight excluding hydrogens is 378 g/mol. The molecule has 3 aromatic heterocycles. The van der Waals surface area contributed by atoms with Gasteiger partial charge >= 0.3 is 0 Å². The SMILES string of the molecule is COC[C@H](N)Cc1sc2c(NCc3ccco3)cc(Cl)nc2c1SC. The van der Waals surface area contributed by atoms with Gasteiger partial charge in [-0.05, 0) is 18.4 Å². The maximum Gasteiger partial charge on any atom is 0.131 e. The van der Waals surface area contributed by atoms with Crippen LogP contribution in [0.3, 0.4) is 0 Å². The second-order valence-electron chi connectivity index (χ2n) is 5.58. The summed E-state index contributed by atoms with van der Waals surface area (Å²) >= 11 is 9.63. The number of nitrogens with zero attached hydrogens (tertiary/aromatic N) is 1. The van der Waals surface area contributed by atoms with Gasteiger partial charge in [-0.25, -0.2) is 4.98 Å². The van der Waals surface area contributed by atoms with E-state index in [4.69, 9.17) is 26.5 Å². The van der Waals surface area contributed by atoms with E-state index in [2.05, 4.69) is 10.3 Å². The maximum atomic E-state index is 6.25. The Morgan fingerprint density at radius 1 is 1.52 bits per heavy atom. The molecule has 0 aliphatic carbocycles. The van der Waals surface area contributed by atoms with Crippen molar-refractivity contribution in [2.75, 3.05) is 25.3 Å². The molecule has 0 aromatic carbocycles. The van der Waals surface area contributed by atoms with Gasteiger partial charge in [-0.15, -0.1) is 23.1 Å². The van der Waals surface area contributed by atoms with Gasteiger partial charge in [0.2, 0.25) is 0 Å². The standard InChI is InChI=1S/C17H20ClN3O2S2/c1-22-9-10(19)6-13-17(24-2)15-16(25-13)12(7-14(18)21-15)20-8-11-4-3-5-23-11/h3-5,7,10H,6,8-9,19H2,1-2H3,(H,20,21)/t10-/m1/s1. The van der Waals surface area contributed by atoms with Crippen LogP contribution in [0.25, 0.3) is 10.2 Å². The van der Waals surface area contributed by atoms with Crippen molar-refractivity contribution in [3.05, 3.63) is 40.3 Å². The third kappa shape index (κ3) is 4.30. The van der Waals surface area contributed by atoms with Crippen LogP contribution >= 0.6 is 34.7 Å². The summed E-state index contributed by atoms with van der Waals surface area (Å²) in [5, 5.41) is 3.87. The van der Waals surface area contributed by atoms with Gasteiger partial charge in [0.05, 0.1) is 35.3 Å². The van der Waals surface area contributed by atoms with Gasteiger partial charge in [0.1, 0.15) is 10.9 Å². The molecule has 0 saturated heterocycles. The fourth-order valence-corrected chi connectivity index (χ4v) is 5.15. The van der Waals surface area contributed by atoms with E-state index in [1.54, 1.807) is 36.5 Å². The molecule has 0 radical (unpaired) electrons. The largest absolute Gasteiger partial charge is 0.467 e. The summed E-state index contributed by atoms with van der Waals surface area (Å²) in [5.74, 6) is 0.866. The maximum absolute atomic E-state index is 6.25. The smallest absolute Gasteiger partial charge is 0.131 e. The minimum Gasteiger partial charge on any atom is -0.467 e. The average molecular weight is 398 g/mol. The molecule has 0 bridgehead atoms. The number of halogens is 1. The van der Waals surface area contributed by atoms with Gasteiger partial charge in [0.25, 0.3) is 0 Å². The van der Waals surface area contributed by atoms with E-state index < -0.39 is 0 Å². The zero-order valence-electron chi connectivity index (χ0n) is 14.0. The number of nitrogens with two attached hydrogens (primary N) is 1. The predicted molar refractivity (Wildman–Crippen MR) is 106 cm³/mol. The number of hydrogen-bond donors (Lipinski definition) is 2. The molecule has 3 N–H and O–H groups in total. The fourth-order valence-electron chi connectivity index (χ4n) is 2.64. The van der Waals surface area contributed by atoms with Crippen LogP contribution in [0.2, 0.25) is 5.15 Å². The molecule has 5 nitrogen and oxygen atoms in total. The van der Waals surface area contributed by atoms with Crippen molar-refractivity contribution >= 4 is 50.6 Å². The van der Waals surface area contributed by atoms with Crippen molar-refractivity contribution in [3.8, 4) is 0 Å². The molecule has 0 aliphatic rings. The van der Waals surface area contributed by atoms with Gasteiger partial charge in [0, 0.05) is 35.4 Å². The van der Waals surface area contributed by atoms with Crippen LogP contribution in [0.1, 0.15) is 10.6 Å². The van der Waals surface area contributed by atoms with Crippen molar-refractivity contribution < 1.29 is 9.15 Å². The zero-order chi connectivity index (χ0) is 17.8. The summed E-state index contributed by atoms with van der Waals surface area (Å²) in [6.45, 7) is 1.12. The molecule has 0 aliphatic heterocycles. The lowest BCUT2D eigenvalue weighted by Gasteiger charge is -2.09. The van der Waals surface area contributed by atoms with Crippen LogP contribution in [0.15, 0.2) is 33.8 Å². The number of rotatable bonds is 8. The second kappa shape index (κ2) is 8.42. The Hall–Kier alpha value is -1.25. The molecule has 0 amide bonds. The lowest BCUT2D eigenvalue weighted by molar-refractivity contribution is 0.180. The second-order valence-corrected chi connectivity index (χ2v) is 7.89.